The zero-order valence-corrected chi connectivity index (χ0v) is 30.5. The maximum Gasteiger partial charge on any atom is 0.101 e. The number of nitrogens with zero attached hydrogens (tertiary/aromatic N) is 4. The second-order valence-corrected chi connectivity index (χ2v) is 15.9. The number of nitriles is 2. The fraction of sp³-hybridized carbons (Fsp3) is 0.120. The van der Waals surface area contributed by atoms with Crippen molar-refractivity contribution in [3.63, 3.8) is 0 Å². The van der Waals surface area contributed by atoms with Gasteiger partial charge in [0.2, 0.25) is 0 Å². The van der Waals surface area contributed by atoms with Crippen molar-refractivity contribution in [1.82, 2.24) is 9.13 Å². The van der Waals surface area contributed by atoms with Crippen LogP contribution >= 0.6 is 0 Å². The first-order chi connectivity index (χ1) is 26.3. The van der Waals surface area contributed by atoms with Gasteiger partial charge in [-0.3, -0.25) is 0 Å². The molecule has 0 amide bonds. The number of rotatable bonds is 2. The van der Waals surface area contributed by atoms with Crippen LogP contribution < -0.4 is 0 Å². The molecule has 2 aromatic heterocycles. The van der Waals surface area contributed by atoms with E-state index in [2.05, 4.69) is 170 Å². The van der Waals surface area contributed by atoms with Crippen LogP contribution in [0, 0.1) is 22.7 Å². The third-order valence-corrected chi connectivity index (χ3v) is 12.6. The largest absolute Gasteiger partial charge is 0.307 e. The third kappa shape index (κ3) is 3.65. The lowest BCUT2D eigenvalue weighted by Gasteiger charge is -2.22. The number of hydrogen-bond acceptors (Lipinski definition) is 2. The minimum atomic E-state index is -0.156. The Kier molecular flexibility index (Phi) is 5.90. The summed E-state index contributed by atoms with van der Waals surface area (Å²) in [4.78, 5) is 0. The highest BCUT2D eigenvalue weighted by Crippen LogP contribution is 2.55. The molecule has 2 aliphatic rings. The van der Waals surface area contributed by atoms with Crippen molar-refractivity contribution in [1.29, 1.82) is 10.5 Å². The number of para-hydroxylation sites is 2. The molecule has 4 nitrogen and oxygen atoms in total. The molecule has 0 saturated heterocycles. The van der Waals surface area contributed by atoms with Crippen LogP contribution in [0.25, 0.3) is 77.2 Å². The highest BCUT2D eigenvalue weighted by molar-refractivity contribution is 6.20. The number of aromatic nitrogens is 2. The monoisotopic (exact) mass is 690 g/mol. The molecule has 9 aromatic rings. The minimum Gasteiger partial charge on any atom is -0.307 e. The Morgan fingerprint density at radius 2 is 0.944 bits per heavy atom. The zero-order chi connectivity index (χ0) is 36.7. The molecule has 0 bridgehead atoms. The summed E-state index contributed by atoms with van der Waals surface area (Å²) in [7, 11) is 0. The smallest absolute Gasteiger partial charge is 0.101 e. The summed E-state index contributed by atoms with van der Waals surface area (Å²) in [5.74, 6) is 0. The average Bonchev–Trinajstić information content (AvgIpc) is 3.86. The normalized spacial score (nSPS) is 14.6. The highest BCUT2D eigenvalue weighted by atomic mass is 15.1. The van der Waals surface area contributed by atoms with Gasteiger partial charge in [0.05, 0.1) is 50.6 Å². The molecule has 11 rings (SSSR count). The summed E-state index contributed by atoms with van der Waals surface area (Å²) in [5.41, 5.74) is 16.6. The van der Waals surface area contributed by atoms with Crippen LogP contribution in [-0.2, 0) is 10.8 Å². The number of benzene rings is 7. The van der Waals surface area contributed by atoms with Crippen molar-refractivity contribution in [2.24, 2.45) is 0 Å². The fourth-order valence-electron chi connectivity index (χ4n) is 10.2. The quantitative estimate of drug-likeness (QED) is 0.181. The van der Waals surface area contributed by atoms with E-state index in [1.54, 1.807) is 6.07 Å². The van der Waals surface area contributed by atoms with E-state index in [1.807, 2.05) is 6.07 Å². The summed E-state index contributed by atoms with van der Waals surface area (Å²) in [6.45, 7) is 9.26. The van der Waals surface area contributed by atoms with Gasteiger partial charge in [-0.25, -0.2) is 0 Å². The highest BCUT2D eigenvalue weighted by Gasteiger charge is 2.39. The molecule has 0 atom stereocenters. The molecular weight excluding hydrogens is 657 g/mol. The molecule has 2 aliphatic carbocycles. The maximum atomic E-state index is 11.0. The molecule has 7 aromatic carbocycles. The Hall–Kier alpha value is -6.88. The average molecular weight is 691 g/mol. The molecule has 0 spiro atoms. The van der Waals surface area contributed by atoms with Crippen LogP contribution in [0.3, 0.4) is 0 Å². The van der Waals surface area contributed by atoms with Crippen LogP contribution in [0.2, 0.25) is 0 Å². The van der Waals surface area contributed by atoms with Gasteiger partial charge in [-0.1, -0.05) is 125 Å². The first kappa shape index (κ1) is 30.7. The van der Waals surface area contributed by atoms with Gasteiger partial charge in [0, 0.05) is 32.4 Å². The van der Waals surface area contributed by atoms with E-state index in [0.29, 0.717) is 11.1 Å². The van der Waals surface area contributed by atoms with Crippen LogP contribution in [0.5, 0.6) is 0 Å². The van der Waals surface area contributed by atoms with Crippen molar-refractivity contribution in [3.8, 4) is 45.8 Å². The van der Waals surface area contributed by atoms with Gasteiger partial charge in [0.1, 0.15) is 6.07 Å². The Bertz CT molecular complexity index is 3240. The molecule has 0 saturated carbocycles. The van der Waals surface area contributed by atoms with Crippen molar-refractivity contribution in [2.45, 2.75) is 38.5 Å². The van der Waals surface area contributed by atoms with Crippen LogP contribution in [0.1, 0.15) is 61.1 Å². The molecule has 0 N–H and O–H groups in total. The lowest BCUT2D eigenvalue weighted by molar-refractivity contribution is 0.660. The van der Waals surface area contributed by atoms with Crippen LogP contribution in [0.15, 0.2) is 133 Å². The summed E-state index contributed by atoms with van der Waals surface area (Å²) in [6, 6.07) is 52.4. The summed E-state index contributed by atoms with van der Waals surface area (Å²) in [6.07, 6.45) is 0. The van der Waals surface area contributed by atoms with Gasteiger partial charge in [-0.2, -0.15) is 10.5 Å². The van der Waals surface area contributed by atoms with Crippen molar-refractivity contribution in [2.75, 3.05) is 0 Å². The Morgan fingerprint density at radius 3 is 1.48 bits per heavy atom. The Labute approximate surface area is 313 Å². The maximum absolute atomic E-state index is 11.0. The van der Waals surface area contributed by atoms with Gasteiger partial charge < -0.3 is 9.13 Å². The summed E-state index contributed by atoms with van der Waals surface area (Å²) < 4.78 is 4.57. The van der Waals surface area contributed by atoms with Gasteiger partial charge in [-0.15, -0.1) is 0 Å². The molecule has 54 heavy (non-hydrogen) atoms. The van der Waals surface area contributed by atoms with E-state index in [-0.39, 0.29) is 10.8 Å². The van der Waals surface area contributed by atoms with E-state index < -0.39 is 0 Å². The minimum absolute atomic E-state index is 0.153. The summed E-state index contributed by atoms with van der Waals surface area (Å²) in [5, 5.41) is 26.1. The van der Waals surface area contributed by atoms with Crippen LogP contribution in [-0.4, -0.2) is 9.13 Å². The van der Waals surface area contributed by atoms with Gasteiger partial charge >= 0.3 is 0 Å². The van der Waals surface area contributed by atoms with Gasteiger partial charge in [0.15, 0.2) is 0 Å². The topological polar surface area (TPSA) is 57.4 Å². The van der Waals surface area contributed by atoms with E-state index >= 15 is 0 Å². The Balaban J connectivity index is 1.32. The molecule has 0 unspecified atom stereocenters. The first-order valence-corrected chi connectivity index (χ1v) is 18.6. The van der Waals surface area contributed by atoms with E-state index in [1.165, 1.54) is 55.3 Å². The fourth-order valence-corrected chi connectivity index (χ4v) is 10.2. The zero-order valence-electron chi connectivity index (χ0n) is 30.5. The Morgan fingerprint density at radius 1 is 0.463 bits per heavy atom. The van der Waals surface area contributed by atoms with E-state index in [4.69, 9.17) is 0 Å². The molecule has 254 valence electrons. The molecule has 0 fully saturated rings. The molecule has 4 heteroatoms. The number of fused-ring (bicyclic) bond motifs is 14. The third-order valence-electron chi connectivity index (χ3n) is 12.6. The van der Waals surface area contributed by atoms with Gasteiger partial charge in [0.25, 0.3) is 0 Å². The lowest BCUT2D eigenvalue weighted by Crippen LogP contribution is -2.14. The molecule has 0 radical (unpaired) electrons. The van der Waals surface area contributed by atoms with E-state index in [9.17, 15) is 10.5 Å². The SMILES string of the molecule is CC1(C)c2ccccc2-c2c1ccc1c2c2ccccc2n1-c1cc(C#N)cc(C#N)c1-n1c2ccccc2c2c3c(ccc21)C(C)(C)c1ccccc1-3. The predicted octanol–water partition coefficient (Wildman–Crippen LogP) is 12.2. The second kappa shape index (κ2) is 10.4. The van der Waals surface area contributed by atoms with Crippen molar-refractivity contribution < 1.29 is 0 Å². The molecular formula is C50H34N4. The van der Waals surface area contributed by atoms with E-state index in [0.717, 1.165) is 44.2 Å². The lowest BCUT2D eigenvalue weighted by atomic mass is 9.82. The first-order valence-electron chi connectivity index (χ1n) is 18.6. The molecule has 0 aliphatic heterocycles. The van der Waals surface area contributed by atoms with Crippen molar-refractivity contribution in [3.05, 3.63) is 167 Å². The van der Waals surface area contributed by atoms with Gasteiger partial charge in [-0.05, 0) is 80.9 Å². The predicted molar refractivity (Wildman–Crippen MR) is 220 cm³/mol. The standard InChI is InChI=1S/C50H34N4/c1-49(2)35-17-9-5-13-31(35)44-37(49)21-23-41-46(44)33-15-7-11-19-39(33)53(41)43-26-29(27-51)25-30(28-52)48(43)54-40-20-12-8-16-34(40)47-42(54)24-22-38-45(47)32-14-6-10-18-36(32)50(38,3)4/h5-26H,1-4H3. The molecule has 2 heterocycles. The number of hydrogen-bond donors (Lipinski definition) is 0. The summed E-state index contributed by atoms with van der Waals surface area (Å²) >= 11 is 0. The second-order valence-electron chi connectivity index (χ2n) is 15.9. The van der Waals surface area contributed by atoms with Crippen LogP contribution in [0.4, 0.5) is 0 Å². The van der Waals surface area contributed by atoms with Crippen molar-refractivity contribution >= 4 is 43.6 Å².